The van der Waals surface area contributed by atoms with Crippen molar-refractivity contribution in [1.82, 2.24) is 14.8 Å². The van der Waals surface area contributed by atoms with Crippen LogP contribution in [0.5, 0.6) is 0 Å². The van der Waals surface area contributed by atoms with E-state index in [1.807, 2.05) is 16.5 Å². The van der Waals surface area contributed by atoms with Gasteiger partial charge in [0.25, 0.3) is 0 Å². The van der Waals surface area contributed by atoms with Crippen LogP contribution in [0.15, 0.2) is 16.6 Å². The fraction of sp³-hybridized carbons (Fsp3) is 0.538. The van der Waals surface area contributed by atoms with E-state index >= 15 is 0 Å². The lowest BCUT2D eigenvalue weighted by Gasteiger charge is -2.31. The van der Waals surface area contributed by atoms with Crippen molar-refractivity contribution in [2.45, 2.75) is 23.0 Å². The van der Waals surface area contributed by atoms with Crippen LogP contribution in [0.3, 0.4) is 0 Å². The van der Waals surface area contributed by atoms with E-state index in [0.29, 0.717) is 18.1 Å². The molecular weight excluding hydrogens is 354 g/mol. The highest BCUT2D eigenvalue weighted by Crippen LogP contribution is 2.42. The standard InChI is InChI=1S/C13H17N5O4S2/c1-16-8-14-15-12(16)9-3-5-17(6-4-9)13-10(18(19)20)7-11(23-13)24(2,21)22/h7-9H,3-6H2,1-2H3. The normalized spacial score (nSPS) is 16.5. The second-order valence-electron chi connectivity index (χ2n) is 5.85. The Hall–Kier alpha value is -2.01. The summed E-state index contributed by atoms with van der Waals surface area (Å²) in [5, 5.41) is 19.7. The van der Waals surface area contributed by atoms with Gasteiger partial charge < -0.3 is 9.47 Å². The number of hydrogen-bond acceptors (Lipinski definition) is 8. The number of sulfone groups is 1. The molecule has 2 aromatic rings. The van der Waals surface area contributed by atoms with Crippen LogP contribution < -0.4 is 4.90 Å². The maximum atomic E-state index is 11.7. The maximum Gasteiger partial charge on any atom is 0.305 e. The smallest absolute Gasteiger partial charge is 0.305 e. The van der Waals surface area contributed by atoms with Crippen molar-refractivity contribution >= 4 is 31.9 Å². The Bertz CT molecular complexity index is 865. The summed E-state index contributed by atoms with van der Waals surface area (Å²) in [6.45, 7) is 1.23. The fourth-order valence-corrected chi connectivity index (χ4v) is 4.97. The molecule has 0 radical (unpaired) electrons. The molecule has 11 heteroatoms. The fourth-order valence-electron chi connectivity index (χ4n) is 2.89. The zero-order chi connectivity index (χ0) is 17.5. The van der Waals surface area contributed by atoms with E-state index in [-0.39, 0.29) is 15.8 Å². The molecule has 0 bridgehead atoms. The highest BCUT2D eigenvalue weighted by molar-refractivity contribution is 7.92. The quantitative estimate of drug-likeness (QED) is 0.592. The van der Waals surface area contributed by atoms with Gasteiger partial charge in [0.05, 0.1) is 4.92 Å². The molecule has 0 unspecified atom stereocenters. The SMILES string of the molecule is Cn1cnnc1C1CCN(c2sc(S(C)(=O)=O)cc2[N+](=O)[O-])CC1. The number of aryl methyl sites for hydroxylation is 1. The summed E-state index contributed by atoms with van der Waals surface area (Å²) >= 11 is 0.966. The molecular formula is C13H17N5O4S2. The first-order valence-corrected chi connectivity index (χ1v) is 10.1. The second kappa shape index (κ2) is 6.13. The van der Waals surface area contributed by atoms with Crippen LogP contribution >= 0.6 is 11.3 Å². The van der Waals surface area contributed by atoms with Crippen LogP contribution in [-0.4, -0.2) is 47.5 Å². The molecule has 24 heavy (non-hydrogen) atoms. The molecule has 9 nitrogen and oxygen atoms in total. The van der Waals surface area contributed by atoms with Gasteiger partial charge in [0, 0.05) is 38.4 Å². The van der Waals surface area contributed by atoms with E-state index < -0.39 is 14.8 Å². The summed E-state index contributed by atoms with van der Waals surface area (Å²) in [5.74, 6) is 1.16. The van der Waals surface area contributed by atoms with Gasteiger partial charge in [-0.25, -0.2) is 8.42 Å². The minimum absolute atomic E-state index is 0.0274. The molecule has 0 spiro atoms. The number of anilines is 1. The van der Waals surface area contributed by atoms with Crippen molar-refractivity contribution in [1.29, 1.82) is 0 Å². The summed E-state index contributed by atoms with van der Waals surface area (Å²) in [7, 11) is -1.57. The molecule has 0 amide bonds. The first-order valence-electron chi connectivity index (χ1n) is 7.34. The summed E-state index contributed by atoms with van der Waals surface area (Å²) in [6, 6.07) is 1.16. The predicted molar refractivity (Wildman–Crippen MR) is 89.3 cm³/mol. The number of rotatable bonds is 4. The number of nitrogens with zero attached hydrogens (tertiary/aromatic N) is 5. The summed E-state index contributed by atoms with van der Waals surface area (Å²) < 4.78 is 25.3. The van der Waals surface area contributed by atoms with Crippen molar-refractivity contribution in [3.63, 3.8) is 0 Å². The lowest BCUT2D eigenvalue weighted by atomic mass is 9.96. The molecule has 0 aromatic carbocycles. The molecule has 1 fully saturated rings. The Morgan fingerprint density at radius 3 is 2.54 bits per heavy atom. The number of nitro groups is 1. The molecule has 0 N–H and O–H groups in total. The minimum Gasteiger partial charge on any atom is -0.358 e. The van der Waals surface area contributed by atoms with E-state index in [4.69, 9.17) is 0 Å². The minimum atomic E-state index is -3.46. The third-order valence-corrected chi connectivity index (χ3v) is 7.11. The molecule has 2 aromatic heterocycles. The first-order chi connectivity index (χ1) is 11.3. The van der Waals surface area contributed by atoms with Crippen LogP contribution in [0.2, 0.25) is 0 Å². The monoisotopic (exact) mass is 371 g/mol. The molecule has 0 saturated carbocycles. The lowest BCUT2D eigenvalue weighted by molar-refractivity contribution is -0.383. The lowest BCUT2D eigenvalue weighted by Crippen LogP contribution is -2.33. The highest BCUT2D eigenvalue weighted by atomic mass is 32.2. The molecule has 1 saturated heterocycles. The van der Waals surface area contributed by atoms with Crippen molar-refractivity contribution in [3.05, 3.63) is 28.3 Å². The van der Waals surface area contributed by atoms with Crippen LogP contribution in [0, 0.1) is 10.1 Å². The summed E-state index contributed by atoms with van der Waals surface area (Å²) in [6.07, 6.45) is 4.29. The van der Waals surface area contributed by atoms with Gasteiger partial charge in [-0.1, -0.05) is 11.3 Å². The largest absolute Gasteiger partial charge is 0.358 e. The van der Waals surface area contributed by atoms with Gasteiger partial charge in [-0.3, -0.25) is 10.1 Å². The number of aromatic nitrogens is 3. The Kier molecular flexibility index (Phi) is 4.30. The van der Waals surface area contributed by atoms with E-state index in [1.165, 1.54) is 0 Å². The van der Waals surface area contributed by atoms with Gasteiger partial charge in [0.1, 0.15) is 16.4 Å². The Morgan fingerprint density at radius 1 is 1.38 bits per heavy atom. The average Bonchev–Trinajstić information content (AvgIpc) is 3.13. The van der Waals surface area contributed by atoms with Crippen LogP contribution in [0.4, 0.5) is 10.7 Å². The van der Waals surface area contributed by atoms with Crippen molar-refractivity contribution < 1.29 is 13.3 Å². The molecule has 3 heterocycles. The second-order valence-corrected chi connectivity index (χ2v) is 9.12. The molecule has 130 valence electrons. The third kappa shape index (κ3) is 3.13. The highest BCUT2D eigenvalue weighted by Gasteiger charge is 2.31. The zero-order valence-corrected chi connectivity index (χ0v) is 14.9. The number of piperidine rings is 1. The van der Waals surface area contributed by atoms with Gasteiger partial charge in [-0.2, -0.15) is 0 Å². The Morgan fingerprint density at radius 2 is 2.04 bits per heavy atom. The van der Waals surface area contributed by atoms with E-state index in [1.54, 1.807) is 6.33 Å². The van der Waals surface area contributed by atoms with Crippen molar-refractivity contribution in [2.24, 2.45) is 7.05 Å². The van der Waals surface area contributed by atoms with E-state index in [9.17, 15) is 18.5 Å². The molecule has 1 aliphatic heterocycles. The maximum absolute atomic E-state index is 11.7. The topological polar surface area (TPSA) is 111 Å². The Labute approximate surface area is 143 Å². The van der Waals surface area contributed by atoms with Crippen molar-refractivity contribution in [3.8, 4) is 0 Å². The van der Waals surface area contributed by atoms with E-state index in [0.717, 1.165) is 42.3 Å². The van der Waals surface area contributed by atoms with Gasteiger partial charge in [-0.05, 0) is 12.8 Å². The zero-order valence-electron chi connectivity index (χ0n) is 13.2. The van der Waals surface area contributed by atoms with Crippen LogP contribution in [-0.2, 0) is 16.9 Å². The molecule has 1 aliphatic rings. The molecule has 3 rings (SSSR count). The van der Waals surface area contributed by atoms with Gasteiger partial charge in [0.15, 0.2) is 14.8 Å². The summed E-state index contributed by atoms with van der Waals surface area (Å²) in [4.78, 5) is 12.6. The average molecular weight is 371 g/mol. The van der Waals surface area contributed by atoms with E-state index in [2.05, 4.69) is 10.2 Å². The predicted octanol–water partition coefficient (Wildman–Crippen LogP) is 1.57. The third-order valence-electron chi connectivity index (χ3n) is 4.13. The number of hydrogen-bond donors (Lipinski definition) is 0. The number of thiophene rings is 1. The molecule has 0 atom stereocenters. The van der Waals surface area contributed by atoms with Crippen LogP contribution in [0.25, 0.3) is 0 Å². The van der Waals surface area contributed by atoms with Crippen molar-refractivity contribution in [2.75, 3.05) is 24.2 Å². The Balaban J connectivity index is 1.82. The molecule has 0 aliphatic carbocycles. The van der Waals surface area contributed by atoms with Gasteiger partial charge >= 0.3 is 5.69 Å². The van der Waals surface area contributed by atoms with Gasteiger partial charge in [-0.15, -0.1) is 10.2 Å². The first kappa shape index (κ1) is 16.8. The summed E-state index contributed by atoms with van der Waals surface area (Å²) in [5.41, 5.74) is -0.141. The van der Waals surface area contributed by atoms with Gasteiger partial charge in [0.2, 0.25) is 0 Å². The van der Waals surface area contributed by atoms with Crippen LogP contribution in [0.1, 0.15) is 24.6 Å².